The maximum absolute atomic E-state index is 14.6. The minimum absolute atomic E-state index is 0.107. The highest BCUT2D eigenvalue weighted by atomic mass is 19.1. The molecule has 1 heterocycles. The zero-order chi connectivity index (χ0) is 18.8. The van der Waals surface area contributed by atoms with Crippen molar-refractivity contribution in [3.63, 3.8) is 0 Å². The van der Waals surface area contributed by atoms with Crippen molar-refractivity contribution in [2.24, 2.45) is 5.73 Å². The molecular weight excluding hydrogens is 348 g/mol. The van der Waals surface area contributed by atoms with Crippen LogP contribution in [0.3, 0.4) is 0 Å². The number of nitrogens with two attached hydrogens (primary N) is 1. The Morgan fingerprint density at radius 1 is 1.11 bits per heavy atom. The molecule has 0 saturated heterocycles. The highest BCUT2D eigenvalue weighted by Gasteiger charge is 2.67. The third kappa shape index (κ3) is 2.54. The minimum atomic E-state index is -0.638. The van der Waals surface area contributed by atoms with E-state index in [2.05, 4.69) is 5.32 Å². The number of urea groups is 1. The van der Waals surface area contributed by atoms with Crippen LogP contribution in [-0.2, 0) is 6.42 Å². The van der Waals surface area contributed by atoms with Crippen LogP contribution in [0.2, 0.25) is 0 Å². The number of nitrogens with one attached hydrogen (secondary N) is 1. The summed E-state index contributed by atoms with van der Waals surface area (Å²) in [5.41, 5.74) is 8.07. The molecule has 140 valence electrons. The van der Waals surface area contributed by atoms with Gasteiger partial charge in [0, 0.05) is 29.3 Å². The molecule has 1 atom stereocenters. The number of carbonyl (C=O) groups is 1. The van der Waals surface area contributed by atoms with E-state index in [4.69, 9.17) is 5.73 Å². The summed E-state index contributed by atoms with van der Waals surface area (Å²) in [5.74, 6) is -1.26. The third-order valence-electron chi connectivity index (χ3n) is 6.24. The Hall–Kier alpha value is -2.47. The number of nitrogens with zero attached hydrogens (tertiary/aromatic N) is 1. The number of hydrogen-bond donors (Lipinski definition) is 2. The Morgan fingerprint density at radius 2 is 1.85 bits per heavy atom. The SMILES string of the molecule is NC12CC(NC(=O)N3CCc4ccccc4[C@H]3c3ccc(F)cc3F)(C1)C2. The van der Waals surface area contributed by atoms with Gasteiger partial charge < -0.3 is 16.0 Å². The predicted molar refractivity (Wildman–Crippen MR) is 97.1 cm³/mol. The van der Waals surface area contributed by atoms with Crippen LogP contribution in [0.4, 0.5) is 13.6 Å². The molecule has 3 fully saturated rings. The van der Waals surface area contributed by atoms with Gasteiger partial charge in [0.1, 0.15) is 11.6 Å². The second-order valence-electron chi connectivity index (χ2n) is 8.31. The molecule has 27 heavy (non-hydrogen) atoms. The molecule has 6 heteroatoms. The molecule has 2 aromatic rings. The van der Waals surface area contributed by atoms with E-state index in [0.29, 0.717) is 18.5 Å². The first-order chi connectivity index (χ1) is 12.9. The van der Waals surface area contributed by atoms with Crippen LogP contribution in [0.15, 0.2) is 42.5 Å². The zero-order valence-corrected chi connectivity index (χ0v) is 14.8. The third-order valence-corrected chi connectivity index (χ3v) is 6.24. The Labute approximate surface area is 156 Å². The van der Waals surface area contributed by atoms with E-state index < -0.39 is 17.7 Å². The molecule has 2 bridgehead atoms. The van der Waals surface area contributed by atoms with E-state index >= 15 is 0 Å². The lowest BCUT2D eigenvalue weighted by Gasteiger charge is -2.69. The fourth-order valence-corrected chi connectivity index (χ4v) is 5.14. The van der Waals surface area contributed by atoms with E-state index in [1.807, 2.05) is 24.3 Å². The first-order valence-electron chi connectivity index (χ1n) is 9.29. The van der Waals surface area contributed by atoms with Gasteiger partial charge in [-0.15, -0.1) is 0 Å². The summed E-state index contributed by atoms with van der Waals surface area (Å²) in [6, 6.07) is 10.5. The monoisotopic (exact) mass is 369 g/mol. The topological polar surface area (TPSA) is 58.4 Å². The molecule has 0 radical (unpaired) electrons. The number of halogens is 2. The van der Waals surface area contributed by atoms with E-state index in [0.717, 1.165) is 36.5 Å². The van der Waals surface area contributed by atoms with Crippen LogP contribution in [0, 0.1) is 11.6 Å². The molecule has 2 amide bonds. The minimum Gasteiger partial charge on any atom is -0.332 e. The van der Waals surface area contributed by atoms with Gasteiger partial charge in [-0.05, 0) is 42.9 Å². The number of rotatable bonds is 2. The van der Waals surface area contributed by atoms with Crippen molar-refractivity contribution < 1.29 is 13.6 Å². The fourth-order valence-electron chi connectivity index (χ4n) is 5.14. The van der Waals surface area contributed by atoms with Crippen LogP contribution in [0.25, 0.3) is 0 Å². The van der Waals surface area contributed by atoms with Gasteiger partial charge in [0.25, 0.3) is 0 Å². The lowest BCUT2D eigenvalue weighted by Crippen LogP contribution is -2.82. The van der Waals surface area contributed by atoms with Crippen LogP contribution < -0.4 is 11.1 Å². The van der Waals surface area contributed by atoms with Crippen molar-refractivity contribution in [3.05, 3.63) is 70.8 Å². The Kier molecular flexibility index (Phi) is 3.41. The Balaban J connectivity index is 1.51. The maximum Gasteiger partial charge on any atom is 0.318 e. The summed E-state index contributed by atoms with van der Waals surface area (Å²) >= 11 is 0. The predicted octanol–water partition coefficient (Wildman–Crippen LogP) is 3.26. The van der Waals surface area contributed by atoms with Gasteiger partial charge in [0.15, 0.2) is 0 Å². The summed E-state index contributed by atoms with van der Waals surface area (Å²) in [5, 5.41) is 3.13. The molecule has 0 unspecified atom stereocenters. The molecule has 1 aliphatic heterocycles. The quantitative estimate of drug-likeness (QED) is 0.854. The second kappa shape index (κ2) is 5.52. The van der Waals surface area contributed by atoms with Crippen molar-refractivity contribution in [3.8, 4) is 0 Å². The van der Waals surface area contributed by atoms with Gasteiger partial charge >= 0.3 is 6.03 Å². The average molecular weight is 369 g/mol. The number of carbonyl (C=O) groups excluding carboxylic acids is 1. The smallest absolute Gasteiger partial charge is 0.318 e. The lowest BCUT2D eigenvalue weighted by atomic mass is 9.44. The van der Waals surface area contributed by atoms with Crippen molar-refractivity contribution >= 4 is 6.03 Å². The van der Waals surface area contributed by atoms with Gasteiger partial charge in [0.2, 0.25) is 0 Å². The van der Waals surface area contributed by atoms with Crippen molar-refractivity contribution in [1.82, 2.24) is 10.2 Å². The Morgan fingerprint density at radius 3 is 2.56 bits per heavy atom. The van der Waals surface area contributed by atoms with Crippen LogP contribution >= 0.6 is 0 Å². The second-order valence-corrected chi connectivity index (χ2v) is 8.31. The number of hydrogen-bond acceptors (Lipinski definition) is 2. The van der Waals surface area contributed by atoms with E-state index in [1.165, 1.54) is 12.1 Å². The largest absolute Gasteiger partial charge is 0.332 e. The Bertz CT molecular complexity index is 925. The van der Waals surface area contributed by atoms with Gasteiger partial charge in [-0.1, -0.05) is 30.3 Å². The highest BCUT2D eigenvalue weighted by Crippen LogP contribution is 2.58. The van der Waals surface area contributed by atoms with Gasteiger partial charge in [0.05, 0.1) is 6.04 Å². The summed E-state index contributed by atoms with van der Waals surface area (Å²) in [6.07, 6.45) is 3.10. The molecular formula is C21H21F2N3O. The number of amides is 2. The molecule has 3 saturated carbocycles. The van der Waals surface area contributed by atoms with E-state index in [1.54, 1.807) is 4.90 Å². The van der Waals surface area contributed by atoms with Crippen LogP contribution in [0.1, 0.15) is 42.0 Å². The number of benzene rings is 2. The zero-order valence-electron chi connectivity index (χ0n) is 14.8. The molecule has 4 aliphatic rings. The van der Waals surface area contributed by atoms with Gasteiger partial charge in [-0.2, -0.15) is 0 Å². The van der Waals surface area contributed by atoms with Crippen LogP contribution in [-0.4, -0.2) is 28.6 Å². The fraction of sp³-hybridized carbons (Fsp3) is 0.381. The summed E-state index contributed by atoms with van der Waals surface area (Å²) < 4.78 is 28.1. The van der Waals surface area contributed by atoms with Crippen molar-refractivity contribution in [2.45, 2.75) is 42.8 Å². The first kappa shape index (κ1) is 16.7. The van der Waals surface area contributed by atoms with Crippen molar-refractivity contribution in [1.29, 1.82) is 0 Å². The summed E-state index contributed by atoms with van der Waals surface area (Å²) in [7, 11) is 0. The van der Waals surface area contributed by atoms with Gasteiger partial charge in [-0.3, -0.25) is 0 Å². The van der Waals surface area contributed by atoms with E-state index in [9.17, 15) is 13.6 Å². The van der Waals surface area contributed by atoms with E-state index in [-0.39, 0.29) is 17.1 Å². The lowest BCUT2D eigenvalue weighted by molar-refractivity contribution is -0.0718. The summed E-state index contributed by atoms with van der Waals surface area (Å²) in [4.78, 5) is 14.8. The average Bonchev–Trinajstić information content (AvgIpc) is 2.59. The normalized spacial score (nSPS) is 30.8. The molecule has 4 nitrogen and oxygen atoms in total. The molecule has 3 aliphatic carbocycles. The number of fused-ring (bicyclic) bond motifs is 1. The van der Waals surface area contributed by atoms with Crippen LogP contribution in [0.5, 0.6) is 0 Å². The van der Waals surface area contributed by atoms with Gasteiger partial charge in [-0.25, -0.2) is 13.6 Å². The first-order valence-corrected chi connectivity index (χ1v) is 9.29. The van der Waals surface area contributed by atoms with Crippen molar-refractivity contribution in [2.75, 3.05) is 6.54 Å². The standard InChI is InChI=1S/C21H21F2N3O/c22-14-5-6-16(17(23)9-14)18-15-4-2-1-3-13(15)7-8-26(18)19(27)25-21-10-20(24,11-21)12-21/h1-6,9,18H,7-8,10-12,24H2,(H,25,27)/t18-,20?,21?/m0/s1. The summed E-state index contributed by atoms with van der Waals surface area (Å²) in [6.45, 7) is 0.480. The molecule has 0 aromatic heterocycles. The molecule has 2 aromatic carbocycles. The molecule has 0 spiro atoms. The molecule has 3 N–H and O–H groups in total. The maximum atomic E-state index is 14.6. The highest BCUT2D eigenvalue weighted by molar-refractivity contribution is 5.78. The molecule has 6 rings (SSSR count).